The van der Waals surface area contributed by atoms with Crippen LogP contribution < -0.4 is 8.61 Å². The number of anilines is 2. The molecule has 8 heteroatoms. The van der Waals surface area contributed by atoms with E-state index in [2.05, 4.69) is 0 Å². The monoisotopic (exact) mass is 518 g/mol. The lowest BCUT2D eigenvalue weighted by Gasteiger charge is -2.27. The van der Waals surface area contributed by atoms with Crippen molar-refractivity contribution >= 4 is 42.2 Å². The first kappa shape index (κ1) is 23.1. The van der Waals surface area contributed by atoms with E-state index in [-0.39, 0.29) is 21.9 Å². The van der Waals surface area contributed by atoms with Crippen molar-refractivity contribution in [2.24, 2.45) is 0 Å². The molecule has 0 saturated heterocycles. The quantitative estimate of drug-likeness (QED) is 0.376. The third-order valence-electron chi connectivity index (χ3n) is 7.21. The van der Waals surface area contributed by atoms with Crippen molar-refractivity contribution in [1.29, 1.82) is 0 Å². The smallest absolute Gasteiger partial charge is 0.263 e. The minimum Gasteiger partial charge on any atom is -0.263 e. The van der Waals surface area contributed by atoms with E-state index in [0.717, 1.165) is 11.1 Å². The molecule has 2 atom stereocenters. The Hall–Kier alpha value is -3.36. The van der Waals surface area contributed by atoms with Crippen LogP contribution in [0.2, 0.25) is 0 Å². The first-order valence-corrected chi connectivity index (χ1v) is 14.9. The van der Waals surface area contributed by atoms with E-state index in [0.29, 0.717) is 35.0 Å². The van der Waals surface area contributed by atoms with Crippen molar-refractivity contribution in [3.8, 4) is 0 Å². The van der Waals surface area contributed by atoms with Crippen molar-refractivity contribution in [2.45, 2.75) is 48.6 Å². The number of hydrogen-bond donors (Lipinski definition) is 0. The first-order chi connectivity index (χ1) is 17.2. The van der Waals surface area contributed by atoms with Crippen LogP contribution in [0.4, 0.5) is 11.4 Å². The highest BCUT2D eigenvalue weighted by molar-refractivity contribution is 7.93. The van der Waals surface area contributed by atoms with Crippen molar-refractivity contribution in [1.82, 2.24) is 0 Å². The van der Waals surface area contributed by atoms with Crippen LogP contribution in [0, 0.1) is 0 Å². The normalized spacial score (nSPS) is 19.5. The second kappa shape index (κ2) is 8.08. The standard InChI is InChI=1S/C28H26N2O4S2/c1-19-17-21-9-3-5-13-25(21)29(19)35(31,32)27-15-7-12-24-23(27)11-8-16-28(24)36(33,34)30-20(2)18-22-10-4-6-14-26(22)30/h3-16,19-20H,17-18H2,1-2H3/t19-,20-/m0/s1. The third-order valence-corrected chi connectivity index (χ3v) is 11.2. The Morgan fingerprint density at radius 3 is 1.36 bits per heavy atom. The first-order valence-electron chi connectivity index (χ1n) is 12.0. The maximum atomic E-state index is 14.0. The van der Waals surface area contributed by atoms with Crippen LogP contribution in [-0.4, -0.2) is 28.9 Å². The van der Waals surface area contributed by atoms with Gasteiger partial charge in [-0.3, -0.25) is 8.61 Å². The van der Waals surface area contributed by atoms with Crippen molar-refractivity contribution in [3.05, 3.63) is 96.1 Å². The van der Waals surface area contributed by atoms with Crippen LogP contribution in [0.1, 0.15) is 25.0 Å². The average Bonchev–Trinajstić information content (AvgIpc) is 3.38. The van der Waals surface area contributed by atoms with Crippen LogP contribution in [0.15, 0.2) is 94.7 Å². The number of sulfonamides is 2. The molecule has 2 aliphatic rings. The Morgan fingerprint density at radius 2 is 0.944 bits per heavy atom. The minimum atomic E-state index is -3.94. The van der Waals surface area contributed by atoms with Gasteiger partial charge in [0.05, 0.1) is 21.2 Å². The molecule has 0 saturated carbocycles. The van der Waals surface area contributed by atoms with E-state index < -0.39 is 20.0 Å². The molecule has 4 aromatic rings. The van der Waals surface area contributed by atoms with Crippen LogP contribution in [0.3, 0.4) is 0 Å². The molecule has 0 bridgehead atoms. The molecule has 0 amide bonds. The molecule has 6 nitrogen and oxygen atoms in total. The zero-order chi connectivity index (χ0) is 25.2. The molecule has 36 heavy (non-hydrogen) atoms. The molecule has 0 aromatic heterocycles. The molecule has 0 radical (unpaired) electrons. The van der Waals surface area contributed by atoms with Gasteiger partial charge in [-0.1, -0.05) is 60.7 Å². The molecule has 184 valence electrons. The minimum absolute atomic E-state index is 0.107. The Balaban J connectivity index is 1.52. The summed E-state index contributed by atoms with van der Waals surface area (Å²) in [6.45, 7) is 3.79. The van der Waals surface area contributed by atoms with Gasteiger partial charge in [-0.2, -0.15) is 0 Å². The van der Waals surface area contributed by atoms with Gasteiger partial charge in [0.15, 0.2) is 0 Å². The Labute approximate surface area is 211 Å². The summed E-state index contributed by atoms with van der Waals surface area (Å²) in [5.74, 6) is 0. The summed E-state index contributed by atoms with van der Waals surface area (Å²) in [5.41, 5.74) is 3.32. The van der Waals surface area contributed by atoms with Crippen molar-refractivity contribution < 1.29 is 16.8 Å². The summed E-state index contributed by atoms with van der Waals surface area (Å²) in [4.78, 5) is 0.214. The number of nitrogens with zero attached hydrogens (tertiary/aromatic N) is 2. The predicted octanol–water partition coefficient (Wildman–Crippen LogP) is 5.12. The molecule has 0 aliphatic carbocycles. The van der Waals surface area contributed by atoms with Crippen LogP contribution in [-0.2, 0) is 32.9 Å². The van der Waals surface area contributed by atoms with Crippen molar-refractivity contribution in [3.63, 3.8) is 0 Å². The van der Waals surface area contributed by atoms with Gasteiger partial charge >= 0.3 is 0 Å². The topological polar surface area (TPSA) is 74.8 Å². The Bertz CT molecular complexity index is 1600. The molecule has 2 aliphatic heterocycles. The van der Waals surface area contributed by atoms with Gasteiger partial charge in [0.25, 0.3) is 20.0 Å². The fraction of sp³-hybridized carbons (Fsp3) is 0.214. The largest absolute Gasteiger partial charge is 0.265 e. The zero-order valence-corrected chi connectivity index (χ0v) is 21.6. The summed E-state index contributed by atoms with van der Waals surface area (Å²) in [5, 5.41) is 0.797. The summed E-state index contributed by atoms with van der Waals surface area (Å²) < 4.78 is 59.0. The molecule has 4 aromatic carbocycles. The maximum absolute atomic E-state index is 14.0. The maximum Gasteiger partial charge on any atom is 0.265 e. The number of hydrogen-bond acceptors (Lipinski definition) is 4. The Kier molecular flexibility index (Phi) is 5.18. The van der Waals surface area contributed by atoms with Crippen LogP contribution in [0.5, 0.6) is 0 Å². The van der Waals surface area contributed by atoms with Crippen LogP contribution >= 0.6 is 0 Å². The lowest BCUT2D eigenvalue weighted by molar-refractivity contribution is 0.582. The van der Waals surface area contributed by atoms with Gasteiger partial charge in [0, 0.05) is 22.9 Å². The molecule has 0 spiro atoms. The predicted molar refractivity (Wildman–Crippen MR) is 142 cm³/mol. The van der Waals surface area contributed by atoms with Gasteiger partial charge in [-0.25, -0.2) is 16.8 Å². The highest BCUT2D eigenvalue weighted by Crippen LogP contribution is 2.41. The fourth-order valence-electron chi connectivity index (χ4n) is 5.72. The molecular formula is C28H26N2O4S2. The van der Waals surface area contributed by atoms with Gasteiger partial charge in [-0.05, 0) is 62.1 Å². The lowest BCUT2D eigenvalue weighted by Crippen LogP contribution is -2.36. The molecule has 2 heterocycles. The summed E-state index contributed by atoms with van der Waals surface area (Å²) in [6, 6.07) is 24.3. The van der Waals surface area contributed by atoms with Gasteiger partial charge in [0.2, 0.25) is 0 Å². The van der Waals surface area contributed by atoms with Gasteiger partial charge < -0.3 is 0 Å². The molecule has 0 N–H and O–H groups in total. The average molecular weight is 519 g/mol. The number of fused-ring (bicyclic) bond motifs is 3. The van der Waals surface area contributed by atoms with E-state index in [1.54, 1.807) is 36.4 Å². The number of rotatable bonds is 4. The summed E-state index contributed by atoms with van der Waals surface area (Å²) >= 11 is 0. The second-order valence-corrected chi connectivity index (χ2v) is 13.1. The van der Waals surface area contributed by atoms with E-state index >= 15 is 0 Å². The summed E-state index contributed by atoms with van der Waals surface area (Å²) in [6.07, 6.45) is 1.26. The molecular weight excluding hydrogens is 492 g/mol. The lowest BCUT2D eigenvalue weighted by atomic mass is 10.1. The SMILES string of the molecule is C[C@H]1Cc2ccccc2N1S(=O)(=O)c1cccc2c(S(=O)(=O)N3c4ccccc4C[C@@H]3C)cccc12. The van der Waals surface area contributed by atoms with Gasteiger partial charge in [-0.15, -0.1) is 0 Å². The highest BCUT2D eigenvalue weighted by Gasteiger charge is 2.39. The number of benzene rings is 4. The van der Waals surface area contributed by atoms with E-state index in [1.165, 1.54) is 8.61 Å². The van der Waals surface area contributed by atoms with E-state index in [4.69, 9.17) is 0 Å². The Morgan fingerprint density at radius 1 is 0.556 bits per heavy atom. The highest BCUT2D eigenvalue weighted by atomic mass is 32.2. The molecule has 6 rings (SSSR count). The van der Waals surface area contributed by atoms with Gasteiger partial charge in [0.1, 0.15) is 0 Å². The van der Waals surface area contributed by atoms with E-state index in [1.807, 2.05) is 62.4 Å². The number of para-hydroxylation sites is 2. The third kappa shape index (κ3) is 3.28. The molecule has 0 unspecified atom stereocenters. The van der Waals surface area contributed by atoms with Crippen LogP contribution in [0.25, 0.3) is 10.8 Å². The molecule has 0 fully saturated rings. The summed E-state index contributed by atoms with van der Waals surface area (Å²) in [7, 11) is -7.89. The second-order valence-electron chi connectivity index (χ2n) is 9.57. The van der Waals surface area contributed by atoms with E-state index in [9.17, 15) is 16.8 Å². The zero-order valence-electron chi connectivity index (χ0n) is 20.0. The van der Waals surface area contributed by atoms with Crippen molar-refractivity contribution in [2.75, 3.05) is 8.61 Å². The fourth-order valence-corrected chi connectivity index (χ4v) is 9.53.